The van der Waals surface area contributed by atoms with Crippen LogP contribution in [-0.2, 0) is 15.8 Å². The minimum absolute atomic E-state index is 0.0774. The Labute approximate surface area is 142 Å². The van der Waals surface area contributed by atoms with Gasteiger partial charge >= 0.3 is 0 Å². The molecule has 0 fully saturated rings. The summed E-state index contributed by atoms with van der Waals surface area (Å²) in [7, 11) is -3.52. The molecule has 0 aliphatic heterocycles. The summed E-state index contributed by atoms with van der Waals surface area (Å²) in [6.45, 7) is 3.83. The van der Waals surface area contributed by atoms with Crippen molar-refractivity contribution in [3.05, 3.63) is 77.5 Å². The number of hydrogen-bond donors (Lipinski definition) is 1. The lowest BCUT2D eigenvalue weighted by Crippen LogP contribution is -2.17. The minimum atomic E-state index is -3.52. The van der Waals surface area contributed by atoms with Crippen LogP contribution in [-0.4, -0.2) is 18.2 Å². The fourth-order valence-corrected chi connectivity index (χ4v) is 3.61. The third-order valence-corrected chi connectivity index (χ3v) is 4.80. The smallest absolute Gasteiger partial charge is 0.238 e. The molecule has 0 saturated carbocycles. The summed E-state index contributed by atoms with van der Waals surface area (Å²) >= 11 is 0. The first-order valence-electron chi connectivity index (χ1n) is 7.61. The van der Waals surface area contributed by atoms with E-state index in [0.717, 1.165) is 22.5 Å². The first-order valence-corrected chi connectivity index (χ1v) is 9.26. The summed E-state index contributed by atoms with van der Waals surface area (Å²) < 4.78 is 29.2. The van der Waals surface area contributed by atoms with Gasteiger partial charge in [0, 0.05) is 6.07 Å². The maximum Gasteiger partial charge on any atom is 0.238 e. The van der Waals surface area contributed by atoms with Crippen LogP contribution in [0.25, 0.3) is 5.69 Å². The van der Waals surface area contributed by atoms with Crippen LogP contribution >= 0.6 is 0 Å². The molecule has 0 saturated heterocycles. The summed E-state index contributed by atoms with van der Waals surface area (Å²) in [5.74, 6) is 0.360. The molecule has 0 atom stereocenters. The van der Waals surface area contributed by atoms with Gasteiger partial charge in [0.25, 0.3) is 0 Å². The van der Waals surface area contributed by atoms with E-state index < -0.39 is 10.0 Å². The van der Waals surface area contributed by atoms with E-state index in [1.807, 2.05) is 56.3 Å². The highest BCUT2D eigenvalue weighted by Crippen LogP contribution is 2.20. The van der Waals surface area contributed by atoms with Crippen molar-refractivity contribution in [1.82, 2.24) is 9.78 Å². The molecular formula is C18H19N3O2S. The van der Waals surface area contributed by atoms with E-state index in [0.29, 0.717) is 5.82 Å². The van der Waals surface area contributed by atoms with E-state index in [-0.39, 0.29) is 5.75 Å². The zero-order valence-corrected chi connectivity index (χ0v) is 14.4. The molecule has 1 N–H and O–H groups in total. The van der Waals surface area contributed by atoms with Crippen molar-refractivity contribution in [2.75, 3.05) is 4.72 Å². The molecule has 0 unspecified atom stereocenters. The summed E-state index contributed by atoms with van der Waals surface area (Å²) in [6, 6.07) is 18.6. The van der Waals surface area contributed by atoms with Crippen LogP contribution in [0.1, 0.15) is 16.8 Å². The molecule has 0 amide bonds. The molecule has 0 radical (unpaired) electrons. The molecular weight excluding hydrogens is 322 g/mol. The number of nitrogens with one attached hydrogen (secondary N) is 1. The van der Waals surface area contributed by atoms with Crippen molar-refractivity contribution in [2.24, 2.45) is 0 Å². The van der Waals surface area contributed by atoms with Crippen LogP contribution in [0.3, 0.4) is 0 Å². The Morgan fingerprint density at radius 3 is 2.33 bits per heavy atom. The topological polar surface area (TPSA) is 64.0 Å². The summed E-state index contributed by atoms with van der Waals surface area (Å²) in [6.07, 6.45) is 0. The van der Waals surface area contributed by atoms with Gasteiger partial charge in [-0.25, -0.2) is 13.1 Å². The molecule has 1 heterocycles. The van der Waals surface area contributed by atoms with Gasteiger partial charge in [-0.2, -0.15) is 5.10 Å². The predicted octanol–water partition coefficient (Wildman–Crippen LogP) is 3.43. The molecule has 0 aliphatic rings. The van der Waals surface area contributed by atoms with Crippen LogP contribution in [0, 0.1) is 13.8 Å². The summed E-state index contributed by atoms with van der Waals surface area (Å²) in [4.78, 5) is 0. The fraction of sp³-hybridized carbons (Fsp3) is 0.167. The Bertz CT molecular complexity index is 930. The molecule has 0 bridgehead atoms. The van der Waals surface area contributed by atoms with Gasteiger partial charge in [0.15, 0.2) is 0 Å². The third kappa shape index (κ3) is 3.83. The van der Waals surface area contributed by atoms with Gasteiger partial charge in [-0.1, -0.05) is 48.0 Å². The van der Waals surface area contributed by atoms with E-state index in [4.69, 9.17) is 0 Å². The average Bonchev–Trinajstić information content (AvgIpc) is 2.88. The molecule has 5 nitrogen and oxygen atoms in total. The second kappa shape index (κ2) is 6.49. The van der Waals surface area contributed by atoms with E-state index >= 15 is 0 Å². The molecule has 2 aromatic carbocycles. The summed E-state index contributed by atoms with van der Waals surface area (Å²) in [5, 5.41) is 4.39. The van der Waals surface area contributed by atoms with Crippen LogP contribution in [0.5, 0.6) is 0 Å². The zero-order valence-electron chi connectivity index (χ0n) is 13.6. The van der Waals surface area contributed by atoms with E-state index in [2.05, 4.69) is 9.82 Å². The SMILES string of the molecule is Cc1ccc(-n2nc(C)cc2NS(=O)(=O)Cc2ccccc2)cc1. The van der Waals surface area contributed by atoms with Crippen LogP contribution < -0.4 is 4.72 Å². The van der Waals surface area contributed by atoms with Crippen LogP contribution in [0.15, 0.2) is 60.7 Å². The fourth-order valence-electron chi connectivity index (χ4n) is 2.44. The Kier molecular flexibility index (Phi) is 4.40. The predicted molar refractivity (Wildman–Crippen MR) is 95.7 cm³/mol. The van der Waals surface area contributed by atoms with Crippen molar-refractivity contribution < 1.29 is 8.42 Å². The first-order chi connectivity index (χ1) is 11.4. The zero-order chi connectivity index (χ0) is 17.2. The van der Waals surface area contributed by atoms with Crippen molar-refractivity contribution in [3.8, 4) is 5.69 Å². The molecule has 124 valence electrons. The highest BCUT2D eigenvalue weighted by Gasteiger charge is 2.16. The van der Waals surface area contributed by atoms with Gasteiger partial charge in [-0.15, -0.1) is 0 Å². The standard InChI is InChI=1S/C18H19N3O2S/c1-14-8-10-17(11-9-14)21-18(12-15(2)19-21)20-24(22,23)13-16-6-4-3-5-7-16/h3-12,20H,13H2,1-2H3. The monoisotopic (exact) mass is 341 g/mol. The number of benzene rings is 2. The largest absolute Gasteiger partial charge is 0.267 e. The van der Waals surface area contributed by atoms with E-state index in [1.165, 1.54) is 0 Å². The number of anilines is 1. The maximum absolute atomic E-state index is 12.5. The van der Waals surface area contributed by atoms with Crippen molar-refractivity contribution in [2.45, 2.75) is 19.6 Å². The Morgan fingerprint density at radius 1 is 1.00 bits per heavy atom. The Hall–Kier alpha value is -2.60. The van der Waals surface area contributed by atoms with Gasteiger partial charge in [0.2, 0.25) is 10.0 Å². The minimum Gasteiger partial charge on any atom is -0.267 e. The van der Waals surface area contributed by atoms with Gasteiger partial charge in [0.05, 0.1) is 17.1 Å². The van der Waals surface area contributed by atoms with Gasteiger partial charge in [0.1, 0.15) is 5.82 Å². The molecule has 3 aromatic rings. The molecule has 3 rings (SSSR count). The number of aryl methyl sites for hydroxylation is 2. The lowest BCUT2D eigenvalue weighted by atomic mass is 10.2. The molecule has 6 heteroatoms. The Balaban J connectivity index is 1.89. The summed E-state index contributed by atoms with van der Waals surface area (Å²) in [5.41, 5.74) is 3.43. The highest BCUT2D eigenvalue weighted by molar-refractivity contribution is 7.91. The van der Waals surface area contributed by atoms with Gasteiger partial charge < -0.3 is 0 Å². The number of sulfonamides is 1. The number of rotatable bonds is 5. The number of nitrogens with zero attached hydrogens (tertiary/aromatic N) is 2. The second-order valence-corrected chi connectivity index (χ2v) is 7.49. The van der Waals surface area contributed by atoms with Crippen LogP contribution in [0.2, 0.25) is 0 Å². The third-order valence-electron chi connectivity index (χ3n) is 3.57. The maximum atomic E-state index is 12.5. The van der Waals surface area contributed by atoms with Crippen molar-refractivity contribution in [3.63, 3.8) is 0 Å². The molecule has 24 heavy (non-hydrogen) atoms. The number of aromatic nitrogens is 2. The van der Waals surface area contributed by atoms with Crippen molar-refractivity contribution in [1.29, 1.82) is 0 Å². The lowest BCUT2D eigenvalue weighted by Gasteiger charge is -2.11. The molecule has 0 spiro atoms. The second-order valence-electron chi connectivity index (χ2n) is 5.77. The van der Waals surface area contributed by atoms with E-state index in [9.17, 15) is 8.42 Å². The lowest BCUT2D eigenvalue weighted by molar-refractivity contribution is 0.600. The highest BCUT2D eigenvalue weighted by atomic mass is 32.2. The molecule has 0 aliphatic carbocycles. The van der Waals surface area contributed by atoms with Crippen molar-refractivity contribution >= 4 is 15.8 Å². The Morgan fingerprint density at radius 2 is 1.67 bits per heavy atom. The average molecular weight is 341 g/mol. The normalized spacial score (nSPS) is 11.4. The van der Waals surface area contributed by atoms with E-state index in [1.54, 1.807) is 22.9 Å². The quantitative estimate of drug-likeness (QED) is 0.773. The molecule has 1 aromatic heterocycles. The van der Waals surface area contributed by atoms with Gasteiger partial charge in [-0.3, -0.25) is 4.72 Å². The first kappa shape index (κ1) is 16.3. The number of hydrogen-bond acceptors (Lipinski definition) is 3. The van der Waals surface area contributed by atoms with Gasteiger partial charge in [-0.05, 0) is 31.5 Å². The van der Waals surface area contributed by atoms with Crippen LogP contribution in [0.4, 0.5) is 5.82 Å².